The maximum Gasteiger partial charge on any atom is 0.304 e. The van der Waals surface area contributed by atoms with Gasteiger partial charge in [-0.2, -0.15) is 0 Å². The topological polar surface area (TPSA) is 83.5 Å². The standard InChI is InChI=1S/C11H15NO4S/c1-9(10-5-3-2-4-6-10)12-17(15,16)8-7-11(13)14/h2-6,9,12H,7-8H2,1H3,(H,13,14)/t9-/m0/s1. The second-order valence-electron chi connectivity index (χ2n) is 3.71. The van der Waals surface area contributed by atoms with Crippen LogP contribution in [0.1, 0.15) is 24.9 Å². The van der Waals surface area contributed by atoms with Crippen molar-refractivity contribution in [2.75, 3.05) is 5.75 Å². The zero-order valence-corrected chi connectivity index (χ0v) is 10.3. The smallest absolute Gasteiger partial charge is 0.304 e. The normalized spacial score (nSPS) is 13.2. The Morgan fingerprint density at radius 2 is 1.94 bits per heavy atom. The van der Waals surface area contributed by atoms with Crippen LogP contribution in [-0.2, 0) is 14.8 Å². The van der Waals surface area contributed by atoms with Crippen LogP contribution in [0.15, 0.2) is 30.3 Å². The summed E-state index contributed by atoms with van der Waals surface area (Å²) in [5, 5.41) is 8.44. The number of carbonyl (C=O) groups is 1. The predicted molar refractivity (Wildman–Crippen MR) is 64.0 cm³/mol. The van der Waals surface area contributed by atoms with Gasteiger partial charge in [0, 0.05) is 6.04 Å². The molecule has 0 aliphatic carbocycles. The average molecular weight is 257 g/mol. The number of carboxylic acids is 1. The predicted octanol–water partition coefficient (Wildman–Crippen LogP) is 1.14. The molecular weight excluding hydrogens is 242 g/mol. The SMILES string of the molecule is C[C@H](NS(=O)(=O)CCC(=O)O)c1ccccc1. The summed E-state index contributed by atoms with van der Waals surface area (Å²) in [6, 6.07) is 8.73. The highest BCUT2D eigenvalue weighted by Crippen LogP contribution is 2.12. The van der Waals surface area contributed by atoms with Crippen LogP contribution >= 0.6 is 0 Å². The molecule has 0 heterocycles. The van der Waals surface area contributed by atoms with Gasteiger partial charge in [0.25, 0.3) is 0 Å². The van der Waals surface area contributed by atoms with Crippen molar-refractivity contribution in [1.82, 2.24) is 4.72 Å². The van der Waals surface area contributed by atoms with E-state index in [9.17, 15) is 13.2 Å². The summed E-state index contributed by atoms with van der Waals surface area (Å²) >= 11 is 0. The van der Waals surface area contributed by atoms with Gasteiger partial charge in [0.2, 0.25) is 10.0 Å². The van der Waals surface area contributed by atoms with Crippen LogP contribution in [0, 0.1) is 0 Å². The fourth-order valence-electron chi connectivity index (χ4n) is 1.36. The van der Waals surface area contributed by atoms with E-state index in [0.717, 1.165) is 5.56 Å². The van der Waals surface area contributed by atoms with E-state index in [-0.39, 0.29) is 6.04 Å². The van der Waals surface area contributed by atoms with Crippen molar-refractivity contribution >= 4 is 16.0 Å². The third kappa shape index (κ3) is 4.97. The van der Waals surface area contributed by atoms with Crippen LogP contribution < -0.4 is 4.72 Å². The summed E-state index contributed by atoms with van der Waals surface area (Å²) in [6.07, 6.45) is -0.392. The molecule has 0 saturated carbocycles. The molecule has 0 aromatic heterocycles. The Morgan fingerprint density at radius 1 is 1.35 bits per heavy atom. The molecule has 1 aromatic rings. The number of aliphatic carboxylic acids is 1. The summed E-state index contributed by atoms with van der Waals surface area (Å²) in [6.45, 7) is 1.72. The summed E-state index contributed by atoms with van der Waals surface area (Å²) in [7, 11) is -3.55. The number of hydrogen-bond acceptors (Lipinski definition) is 3. The lowest BCUT2D eigenvalue weighted by atomic mass is 10.1. The molecule has 6 heteroatoms. The Labute approximate surface area is 101 Å². The van der Waals surface area contributed by atoms with E-state index in [1.807, 2.05) is 30.3 Å². The lowest BCUT2D eigenvalue weighted by Gasteiger charge is -2.13. The Hall–Kier alpha value is -1.40. The zero-order chi connectivity index (χ0) is 12.9. The van der Waals surface area contributed by atoms with Crippen LogP contribution in [0.4, 0.5) is 0 Å². The van der Waals surface area contributed by atoms with Crippen molar-refractivity contribution in [3.8, 4) is 0 Å². The van der Waals surface area contributed by atoms with Crippen molar-refractivity contribution in [3.63, 3.8) is 0 Å². The molecule has 17 heavy (non-hydrogen) atoms. The number of rotatable bonds is 6. The molecule has 0 unspecified atom stereocenters. The number of benzene rings is 1. The molecule has 2 N–H and O–H groups in total. The monoisotopic (exact) mass is 257 g/mol. The summed E-state index contributed by atoms with van der Waals surface area (Å²) in [5.74, 6) is -1.53. The molecule has 0 saturated heterocycles. The molecule has 0 bridgehead atoms. The minimum atomic E-state index is -3.55. The van der Waals surface area contributed by atoms with E-state index in [1.54, 1.807) is 6.92 Å². The van der Waals surface area contributed by atoms with Crippen molar-refractivity contribution in [2.24, 2.45) is 0 Å². The second kappa shape index (κ2) is 5.79. The summed E-state index contributed by atoms with van der Waals surface area (Å²) < 4.78 is 25.5. The second-order valence-corrected chi connectivity index (χ2v) is 5.59. The van der Waals surface area contributed by atoms with Gasteiger partial charge < -0.3 is 5.11 Å². The molecular formula is C11H15NO4S. The van der Waals surface area contributed by atoms with Gasteiger partial charge in [-0.15, -0.1) is 0 Å². The van der Waals surface area contributed by atoms with Crippen molar-refractivity contribution in [2.45, 2.75) is 19.4 Å². The van der Waals surface area contributed by atoms with E-state index in [1.165, 1.54) is 0 Å². The Morgan fingerprint density at radius 3 is 2.47 bits per heavy atom. The third-order valence-electron chi connectivity index (χ3n) is 2.24. The van der Waals surface area contributed by atoms with Crippen LogP contribution in [0.2, 0.25) is 0 Å². The number of carboxylic acid groups (broad SMARTS) is 1. The molecule has 0 fully saturated rings. The Bertz CT molecular complexity index is 470. The largest absolute Gasteiger partial charge is 0.481 e. The highest BCUT2D eigenvalue weighted by molar-refractivity contribution is 7.89. The fraction of sp³-hybridized carbons (Fsp3) is 0.364. The van der Waals surface area contributed by atoms with Crippen LogP contribution in [0.3, 0.4) is 0 Å². The first-order valence-electron chi connectivity index (χ1n) is 5.17. The number of hydrogen-bond donors (Lipinski definition) is 2. The highest BCUT2D eigenvalue weighted by atomic mass is 32.2. The van der Waals surface area contributed by atoms with Crippen molar-refractivity contribution in [1.29, 1.82) is 0 Å². The van der Waals surface area contributed by atoms with Gasteiger partial charge in [-0.3, -0.25) is 4.79 Å². The first-order valence-corrected chi connectivity index (χ1v) is 6.83. The highest BCUT2D eigenvalue weighted by Gasteiger charge is 2.16. The van der Waals surface area contributed by atoms with Gasteiger partial charge in [-0.1, -0.05) is 30.3 Å². The van der Waals surface area contributed by atoms with Crippen molar-refractivity contribution < 1.29 is 18.3 Å². The van der Waals surface area contributed by atoms with E-state index >= 15 is 0 Å². The average Bonchev–Trinajstić information content (AvgIpc) is 2.27. The maximum absolute atomic E-state index is 11.5. The number of nitrogens with one attached hydrogen (secondary N) is 1. The molecule has 1 rings (SSSR count). The molecule has 0 spiro atoms. The van der Waals surface area contributed by atoms with Gasteiger partial charge in [-0.05, 0) is 12.5 Å². The minimum absolute atomic E-state index is 0.366. The van der Waals surface area contributed by atoms with E-state index < -0.39 is 28.2 Å². The van der Waals surface area contributed by atoms with Gasteiger partial charge >= 0.3 is 5.97 Å². The van der Waals surface area contributed by atoms with E-state index in [0.29, 0.717) is 0 Å². The van der Waals surface area contributed by atoms with Crippen LogP contribution in [-0.4, -0.2) is 25.2 Å². The maximum atomic E-state index is 11.5. The first-order chi connectivity index (χ1) is 7.91. The Balaban J connectivity index is 2.62. The minimum Gasteiger partial charge on any atom is -0.481 e. The number of sulfonamides is 1. The molecule has 0 aliphatic rings. The van der Waals surface area contributed by atoms with Gasteiger partial charge in [0.05, 0.1) is 12.2 Å². The molecule has 0 amide bonds. The quantitative estimate of drug-likeness (QED) is 0.800. The lowest BCUT2D eigenvalue weighted by molar-refractivity contribution is -0.136. The molecule has 5 nitrogen and oxygen atoms in total. The lowest BCUT2D eigenvalue weighted by Crippen LogP contribution is -2.30. The zero-order valence-electron chi connectivity index (χ0n) is 9.46. The molecule has 0 radical (unpaired) electrons. The first kappa shape index (κ1) is 13.7. The van der Waals surface area contributed by atoms with Gasteiger partial charge in [0.15, 0.2) is 0 Å². The summed E-state index contributed by atoms with van der Waals surface area (Å²) in [5.41, 5.74) is 0.839. The van der Waals surface area contributed by atoms with Crippen molar-refractivity contribution in [3.05, 3.63) is 35.9 Å². The fourth-order valence-corrected chi connectivity index (χ4v) is 2.60. The van der Waals surface area contributed by atoms with E-state index in [4.69, 9.17) is 5.11 Å². The molecule has 1 atom stereocenters. The Kier molecular flexibility index (Phi) is 4.65. The van der Waals surface area contributed by atoms with E-state index in [2.05, 4.69) is 4.72 Å². The van der Waals surface area contributed by atoms with Crippen LogP contribution in [0.5, 0.6) is 0 Å². The van der Waals surface area contributed by atoms with Gasteiger partial charge in [0.1, 0.15) is 0 Å². The van der Waals surface area contributed by atoms with Crippen LogP contribution in [0.25, 0.3) is 0 Å². The molecule has 94 valence electrons. The molecule has 1 aromatic carbocycles. The molecule has 0 aliphatic heterocycles. The third-order valence-corrected chi connectivity index (χ3v) is 3.69. The van der Waals surface area contributed by atoms with Gasteiger partial charge in [-0.25, -0.2) is 13.1 Å². The summed E-state index contributed by atoms with van der Waals surface area (Å²) in [4.78, 5) is 10.3.